The third kappa shape index (κ3) is 4.03. The molecule has 0 radical (unpaired) electrons. The molecule has 0 amide bonds. The van der Waals surface area contributed by atoms with E-state index in [0.29, 0.717) is 0 Å². The molecule has 2 aliphatic heterocycles. The van der Waals surface area contributed by atoms with Gasteiger partial charge < -0.3 is 54.7 Å². The molecule has 0 aliphatic carbocycles. The zero-order valence-electron chi connectivity index (χ0n) is 13.0. The highest BCUT2D eigenvalue weighted by Crippen LogP contribution is 2.26. The Morgan fingerprint density at radius 2 is 1.54 bits per heavy atom. The van der Waals surface area contributed by atoms with Crippen LogP contribution < -0.4 is 0 Å². The Bertz CT molecular complexity index is 396. The van der Waals surface area contributed by atoms with Gasteiger partial charge in [-0.1, -0.05) is 0 Å². The lowest BCUT2D eigenvalue weighted by molar-refractivity contribution is -0.298. The summed E-state index contributed by atoms with van der Waals surface area (Å²) in [5.41, 5.74) is 0. The standard InChI is InChI=1S/C13H24O11/c1-21-2-4(14)11-8(17)10(19)13(24-11)22-3-5-6(15)7(16)9(18)12(20)23-5/h4-20H,2-3H2,1H3. The van der Waals surface area contributed by atoms with E-state index in [1.807, 2.05) is 0 Å². The molecule has 2 rings (SSSR count). The number of methoxy groups -OCH3 is 1. The minimum Gasteiger partial charge on any atom is -0.388 e. The van der Waals surface area contributed by atoms with Crippen LogP contribution in [0.4, 0.5) is 0 Å². The molecule has 10 unspecified atom stereocenters. The molecule has 0 aromatic heterocycles. The summed E-state index contributed by atoms with van der Waals surface area (Å²) in [5.74, 6) is 0. The Labute approximate surface area is 137 Å². The van der Waals surface area contributed by atoms with Crippen LogP contribution in [-0.4, -0.2) is 117 Å². The van der Waals surface area contributed by atoms with Crippen LogP contribution in [-0.2, 0) is 18.9 Å². The van der Waals surface area contributed by atoms with Crippen LogP contribution in [0.2, 0.25) is 0 Å². The molecule has 0 aromatic rings. The van der Waals surface area contributed by atoms with E-state index in [0.717, 1.165) is 0 Å². The monoisotopic (exact) mass is 356 g/mol. The summed E-state index contributed by atoms with van der Waals surface area (Å²) in [7, 11) is 1.35. The SMILES string of the molecule is COCC(O)C1OC(OCC2OC(O)C(O)C(O)C2O)C(O)C1O. The molecule has 142 valence electrons. The molecule has 0 saturated carbocycles. The van der Waals surface area contributed by atoms with Gasteiger partial charge in [-0.05, 0) is 0 Å². The first-order valence-corrected chi connectivity index (χ1v) is 7.45. The van der Waals surface area contributed by atoms with Gasteiger partial charge in [-0.3, -0.25) is 0 Å². The Morgan fingerprint density at radius 3 is 2.17 bits per heavy atom. The molecule has 0 aromatic carbocycles. The van der Waals surface area contributed by atoms with E-state index in [1.165, 1.54) is 7.11 Å². The number of ether oxygens (including phenoxy) is 4. The second-order valence-corrected chi connectivity index (χ2v) is 5.84. The average Bonchev–Trinajstić information content (AvgIpc) is 2.83. The maximum Gasteiger partial charge on any atom is 0.186 e. The molecular formula is C13H24O11. The van der Waals surface area contributed by atoms with Crippen molar-refractivity contribution in [2.75, 3.05) is 20.3 Å². The second kappa shape index (κ2) is 8.29. The van der Waals surface area contributed by atoms with Crippen molar-refractivity contribution in [1.82, 2.24) is 0 Å². The summed E-state index contributed by atoms with van der Waals surface area (Å²) in [5, 5.41) is 67.7. The van der Waals surface area contributed by atoms with E-state index in [9.17, 15) is 35.7 Å². The van der Waals surface area contributed by atoms with Gasteiger partial charge in [0.25, 0.3) is 0 Å². The van der Waals surface area contributed by atoms with Crippen LogP contribution in [0.25, 0.3) is 0 Å². The number of aliphatic hydroxyl groups is 7. The Balaban J connectivity index is 1.90. The molecule has 7 N–H and O–H groups in total. The zero-order valence-corrected chi connectivity index (χ0v) is 13.0. The molecule has 2 aliphatic rings. The molecule has 2 fully saturated rings. The van der Waals surface area contributed by atoms with Crippen molar-refractivity contribution in [3.8, 4) is 0 Å². The lowest BCUT2D eigenvalue weighted by Crippen LogP contribution is -2.58. The average molecular weight is 356 g/mol. The van der Waals surface area contributed by atoms with Gasteiger partial charge in [0.1, 0.15) is 48.8 Å². The predicted octanol–water partition coefficient (Wildman–Crippen LogP) is -4.74. The summed E-state index contributed by atoms with van der Waals surface area (Å²) in [6.07, 6.45) is -14.3. The summed E-state index contributed by atoms with van der Waals surface area (Å²) in [4.78, 5) is 0. The predicted molar refractivity (Wildman–Crippen MR) is 73.4 cm³/mol. The first kappa shape index (κ1) is 19.9. The lowest BCUT2D eigenvalue weighted by atomic mass is 9.99. The minimum atomic E-state index is -1.71. The molecule has 24 heavy (non-hydrogen) atoms. The number of hydrogen-bond acceptors (Lipinski definition) is 11. The quantitative estimate of drug-likeness (QED) is 0.243. The van der Waals surface area contributed by atoms with Gasteiger partial charge in [0.05, 0.1) is 13.2 Å². The molecule has 11 heteroatoms. The molecule has 2 saturated heterocycles. The smallest absolute Gasteiger partial charge is 0.186 e. The topological polar surface area (TPSA) is 179 Å². The van der Waals surface area contributed by atoms with Crippen LogP contribution in [0.3, 0.4) is 0 Å². The summed E-state index contributed by atoms with van der Waals surface area (Å²) < 4.78 is 20.1. The fraction of sp³-hybridized carbons (Fsp3) is 1.00. The maximum atomic E-state index is 9.89. The molecule has 10 atom stereocenters. The van der Waals surface area contributed by atoms with Crippen molar-refractivity contribution >= 4 is 0 Å². The van der Waals surface area contributed by atoms with Crippen LogP contribution in [0.15, 0.2) is 0 Å². The molecule has 2 heterocycles. The maximum absolute atomic E-state index is 9.89. The van der Waals surface area contributed by atoms with Gasteiger partial charge in [-0.25, -0.2) is 0 Å². The highest BCUT2D eigenvalue weighted by molar-refractivity contribution is 4.92. The van der Waals surface area contributed by atoms with E-state index in [4.69, 9.17) is 18.9 Å². The van der Waals surface area contributed by atoms with Crippen LogP contribution in [0.1, 0.15) is 0 Å². The van der Waals surface area contributed by atoms with Gasteiger partial charge >= 0.3 is 0 Å². The van der Waals surface area contributed by atoms with Crippen molar-refractivity contribution in [3.05, 3.63) is 0 Å². The molecule has 0 bridgehead atoms. The fourth-order valence-electron chi connectivity index (χ4n) is 2.65. The zero-order chi connectivity index (χ0) is 18.0. The first-order chi connectivity index (χ1) is 11.3. The van der Waals surface area contributed by atoms with E-state index >= 15 is 0 Å². The summed E-state index contributed by atoms with van der Waals surface area (Å²) >= 11 is 0. The Morgan fingerprint density at radius 1 is 0.875 bits per heavy atom. The van der Waals surface area contributed by atoms with E-state index in [1.54, 1.807) is 0 Å². The van der Waals surface area contributed by atoms with E-state index in [-0.39, 0.29) is 6.61 Å². The lowest BCUT2D eigenvalue weighted by Gasteiger charge is -2.38. The van der Waals surface area contributed by atoms with Gasteiger partial charge in [0.2, 0.25) is 0 Å². The third-order valence-electron chi connectivity index (χ3n) is 4.09. The van der Waals surface area contributed by atoms with Crippen LogP contribution in [0.5, 0.6) is 0 Å². The second-order valence-electron chi connectivity index (χ2n) is 5.84. The Hall–Kier alpha value is -0.440. The molecule has 0 spiro atoms. The van der Waals surface area contributed by atoms with Gasteiger partial charge in [0.15, 0.2) is 12.6 Å². The normalized spacial score (nSPS) is 47.8. The minimum absolute atomic E-state index is 0.123. The van der Waals surface area contributed by atoms with E-state index < -0.39 is 68.0 Å². The Kier molecular flexibility index (Phi) is 6.87. The van der Waals surface area contributed by atoms with Crippen molar-refractivity contribution in [3.63, 3.8) is 0 Å². The molecule has 11 nitrogen and oxygen atoms in total. The summed E-state index contributed by atoms with van der Waals surface area (Å²) in [6, 6.07) is 0. The van der Waals surface area contributed by atoms with Crippen LogP contribution >= 0.6 is 0 Å². The third-order valence-corrected chi connectivity index (χ3v) is 4.09. The van der Waals surface area contributed by atoms with Crippen LogP contribution in [0, 0.1) is 0 Å². The van der Waals surface area contributed by atoms with Gasteiger partial charge in [-0.2, -0.15) is 0 Å². The highest BCUT2D eigenvalue weighted by atomic mass is 16.7. The number of rotatable bonds is 6. The largest absolute Gasteiger partial charge is 0.388 e. The van der Waals surface area contributed by atoms with Crippen molar-refractivity contribution < 1.29 is 54.7 Å². The fourth-order valence-corrected chi connectivity index (χ4v) is 2.65. The number of hydrogen-bond donors (Lipinski definition) is 7. The van der Waals surface area contributed by atoms with Crippen molar-refractivity contribution in [2.45, 2.75) is 61.4 Å². The first-order valence-electron chi connectivity index (χ1n) is 7.45. The highest BCUT2D eigenvalue weighted by Gasteiger charge is 2.48. The van der Waals surface area contributed by atoms with Gasteiger partial charge in [0, 0.05) is 7.11 Å². The van der Waals surface area contributed by atoms with Crippen molar-refractivity contribution in [2.24, 2.45) is 0 Å². The number of aliphatic hydroxyl groups excluding tert-OH is 7. The van der Waals surface area contributed by atoms with Gasteiger partial charge in [-0.15, -0.1) is 0 Å². The summed E-state index contributed by atoms with van der Waals surface area (Å²) in [6.45, 7) is -0.536. The molecular weight excluding hydrogens is 332 g/mol. The van der Waals surface area contributed by atoms with E-state index in [2.05, 4.69) is 0 Å². The van der Waals surface area contributed by atoms with Crippen molar-refractivity contribution in [1.29, 1.82) is 0 Å².